The number of carbonyl (C=O) groups is 1. The minimum Gasteiger partial charge on any atom is -0.341 e. The van der Waals surface area contributed by atoms with Gasteiger partial charge in [0.1, 0.15) is 0 Å². The quantitative estimate of drug-likeness (QED) is 0.712. The average molecular weight is 335 g/mol. The molecule has 0 saturated heterocycles. The predicted octanol–water partition coefficient (Wildman–Crippen LogP) is 3.78. The molecule has 2 aromatic carbocycles. The van der Waals surface area contributed by atoms with E-state index in [0.29, 0.717) is 13.0 Å². The molecule has 0 N–H and O–H groups in total. The van der Waals surface area contributed by atoms with E-state index in [4.69, 9.17) is 0 Å². The van der Waals surface area contributed by atoms with Crippen molar-refractivity contribution in [2.75, 3.05) is 7.05 Å². The van der Waals surface area contributed by atoms with Crippen molar-refractivity contribution in [1.29, 1.82) is 0 Å². The Morgan fingerprint density at radius 1 is 1.12 bits per heavy atom. The lowest BCUT2D eigenvalue weighted by atomic mass is 10.0. The first-order valence-corrected chi connectivity index (χ1v) is 8.67. The fourth-order valence-corrected chi connectivity index (χ4v) is 3.38. The Hall–Kier alpha value is -2.62. The van der Waals surface area contributed by atoms with Crippen LogP contribution in [0.25, 0.3) is 10.8 Å². The standard InChI is InChI=1S/C21H25N3O/c1-15-19(16(2)24(4)22-15)12-13-21(25)23(3)14-18-10-7-9-17-8-5-6-11-20(17)18/h5-11H,12-14H2,1-4H3. The van der Waals surface area contributed by atoms with Gasteiger partial charge in [-0.15, -0.1) is 0 Å². The first-order chi connectivity index (χ1) is 12.0. The lowest BCUT2D eigenvalue weighted by molar-refractivity contribution is -0.130. The van der Waals surface area contributed by atoms with Crippen molar-refractivity contribution < 1.29 is 4.79 Å². The van der Waals surface area contributed by atoms with Gasteiger partial charge in [0.05, 0.1) is 5.69 Å². The third-order valence-corrected chi connectivity index (χ3v) is 4.96. The first kappa shape index (κ1) is 17.2. The maximum atomic E-state index is 12.6. The van der Waals surface area contributed by atoms with Crippen LogP contribution in [0, 0.1) is 13.8 Å². The smallest absolute Gasteiger partial charge is 0.222 e. The SMILES string of the molecule is Cc1nn(C)c(C)c1CCC(=O)N(C)Cc1cccc2ccccc12. The summed E-state index contributed by atoms with van der Waals surface area (Å²) in [5.41, 5.74) is 4.53. The van der Waals surface area contributed by atoms with Gasteiger partial charge in [-0.2, -0.15) is 5.10 Å². The van der Waals surface area contributed by atoms with Crippen molar-refractivity contribution in [1.82, 2.24) is 14.7 Å². The number of carbonyl (C=O) groups excluding carboxylic acids is 1. The Morgan fingerprint density at radius 3 is 2.56 bits per heavy atom. The second-order valence-corrected chi connectivity index (χ2v) is 6.66. The van der Waals surface area contributed by atoms with Gasteiger partial charge >= 0.3 is 0 Å². The first-order valence-electron chi connectivity index (χ1n) is 8.67. The molecule has 0 fully saturated rings. The summed E-state index contributed by atoms with van der Waals surface area (Å²) in [4.78, 5) is 14.4. The van der Waals surface area contributed by atoms with Crippen molar-refractivity contribution in [2.45, 2.75) is 33.2 Å². The molecule has 0 spiro atoms. The third kappa shape index (κ3) is 3.58. The van der Waals surface area contributed by atoms with Crippen LogP contribution in [0.5, 0.6) is 0 Å². The number of hydrogen-bond acceptors (Lipinski definition) is 2. The zero-order valence-electron chi connectivity index (χ0n) is 15.4. The fourth-order valence-electron chi connectivity index (χ4n) is 3.38. The van der Waals surface area contributed by atoms with Gasteiger partial charge in [0.15, 0.2) is 0 Å². The Labute approximate surface area is 149 Å². The van der Waals surface area contributed by atoms with Gasteiger partial charge in [0.25, 0.3) is 0 Å². The molecule has 1 aromatic heterocycles. The summed E-state index contributed by atoms with van der Waals surface area (Å²) in [5.74, 6) is 0.163. The van der Waals surface area contributed by atoms with Crippen molar-refractivity contribution in [3.05, 3.63) is 65.0 Å². The molecule has 3 rings (SSSR count). The summed E-state index contributed by atoms with van der Waals surface area (Å²) < 4.78 is 1.88. The van der Waals surface area contributed by atoms with Gasteiger partial charge in [-0.1, -0.05) is 42.5 Å². The Kier molecular flexibility index (Phi) is 4.88. The summed E-state index contributed by atoms with van der Waals surface area (Å²) in [5, 5.41) is 6.85. The number of benzene rings is 2. The zero-order valence-corrected chi connectivity index (χ0v) is 15.4. The summed E-state index contributed by atoms with van der Waals surface area (Å²) >= 11 is 0. The van der Waals surface area contributed by atoms with Crippen LogP contribution in [0.3, 0.4) is 0 Å². The maximum Gasteiger partial charge on any atom is 0.222 e. The highest BCUT2D eigenvalue weighted by atomic mass is 16.2. The molecular weight excluding hydrogens is 310 g/mol. The van der Waals surface area contributed by atoms with Crippen molar-refractivity contribution in [2.24, 2.45) is 7.05 Å². The molecule has 1 heterocycles. The van der Waals surface area contributed by atoms with Gasteiger partial charge in [0.2, 0.25) is 5.91 Å². The Balaban J connectivity index is 1.68. The summed E-state index contributed by atoms with van der Waals surface area (Å²) in [7, 11) is 3.83. The van der Waals surface area contributed by atoms with Gasteiger partial charge in [-0.25, -0.2) is 0 Å². The van der Waals surface area contributed by atoms with E-state index in [1.54, 1.807) is 0 Å². The highest BCUT2D eigenvalue weighted by Crippen LogP contribution is 2.20. The highest BCUT2D eigenvalue weighted by molar-refractivity contribution is 5.86. The van der Waals surface area contributed by atoms with E-state index < -0.39 is 0 Å². The molecule has 1 amide bonds. The molecule has 0 aliphatic heterocycles. The van der Waals surface area contributed by atoms with Crippen molar-refractivity contribution in [3.8, 4) is 0 Å². The monoisotopic (exact) mass is 335 g/mol. The van der Waals surface area contributed by atoms with Gasteiger partial charge < -0.3 is 4.90 Å². The molecule has 4 heteroatoms. The van der Waals surface area contributed by atoms with Gasteiger partial charge in [-0.05, 0) is 42.2 Å². The number of hydrogen-bond donors (Lipinski definition) is 0. The summed E-state index contributed by atoms with van der Waals surface area (Å²) in [6.45, 7) is 4.69. The Morgan fingerprint density at radius 2 is 1.84 bits per heavy atom. The number of nitrogens with zero attached hydrogens (tertiary/aromatic N) is 3. The van der Waals surface area contributed by atoms with Crippen molar-refractivity contribution in [3.63, 3.8) is 0 Å². The largest absolute Gasteiger partial charge is 0.341 e. The van der Waals surface area contributed by atoms with E-state index in [9.17, 15) is 4.79 Å². The molecule has 0 radical (unpaired) electrons. The van der Waals surface area contributed by atoms with Crippen LogP contribution in [0.15, 0.2) is 42.5 Å². The van der Waals surface area contributed by atoms with Gasteiger partial charge in [-0.3, -0.25) is 9.48 Å². The third-order valence-electron chi connectivity index (χ3n) is 4.96. The average Bonchev–Trinajstić information content (AvgIpc) is 2.85. The zero-order chi connectivity index (χ0) is 18.0. The molecule has 3 aromatic rings. The minimum atomic E-state index is 0.163. The van der Waals surface area contributed by atoms with E-state index >= 15 is 0 Å². The van der Waals surface area contributed by atoms with Crippen LogP contribution in [-0.2, 0) is 24.8 Å². The van der Waals surface area contributed by atoms with Crippen LogP contribution >= 0.6 is 0 Å². The van der Waals surface area contributed by atoms with Crippen LogP contribution in [0.4, 0.5) is 0 Å². The second-order valence-electron chi connectivity index (χ2n) is 6.66. The second kappa shape index (κ2) is 7.09. The molecular formula is C21H25N3O. The van der Waals surface area contributed by atoms with Crippen molar-refractivity contribution >= 4 is 16.7 Å². The van der Waals surface area contributed by atoms with E-state index in [0.717, 1.165) is 17.8 Å². The molecule has 0 atom stereocenters. The number of fused-ring (bicyclic) bond motifs is 1. The number of rotatable bonds is 5. The lowest BCUT2D eigenvalue weighted by Crippen LogP contribution is -2.26. The molecule has 25 heavy (non-hydrogen) atoms. The molecule has 0 unspecified atom stereocenters. The summed E-state index contributed by atoms with van der Waals surface area (Å²) in [6, 6.07) is 14.6. The van der Waals surface area contributed by atoms with E-state index in [-0.39, 0.29) is 5.91 Å². The van der Waals surface area contributed by atoms with E-state index in [1.165, 1.54) is 21.9 Å². The minimum absolute atomic E-state index is 0.163. The molecule has 0 bridgehead atoms. The molecule has 0 aliphatic rings. The molecule has 0 aliphatic carbocycles. The molecule has 130 valence electrons. The van der Waals surface area contributed by atoms with Crippen LogP contribution in [0.2, 0.25) is 0 Å². The predicted molar refractivity (Wildman–Crippen MR) is 101 cm³/mol. The number of aryl methyl sites for hydroxylation is 2. The van der Waals surface area contributed by atoms with Gasteiger partial charge in [0, 0.05) is 32.8 Å². The normalized spacial score (nSPS) is 11.0. The highest BCUT2D eigenvalue weighted by Gasteiger charge is 2.14. The Bertz CT molecular complexity index is 905. The van der Waals surface area contributed by atoms with Crippen LogP contribution < -0.4 is 0 Å². The lowest BCUT2D eigenvalue weighted by Gasteiger charge is -2.18. The van der Waals surface area contributed by atoms with E-state index in [2.05, 4.69) is 42.4 Å². The molecule has 4 nitrogen and oxygen atoms in total. The topological polar surface area (TPSA) is 38.1 Å². The molecule has 0 saturated carbocycles. The summed E-state index contributed by atoms with van der Waals surface area (Å²) in [6.07, 6.45) is 1.25. The van der Waals surface area contributed by atoms with Crippen LogP contribution in [0.1, 0.15) is 28.9 Å². The van der Waals surface area contributed by atoms with Crippen LogP contribution in [-0.4, -0.2) is 27.6 Å². The maximum absolute atomic E-state index is 12.6. The fraction of sp³-hybridized carbons (Fsp3) is 0.333. The van der Waals surface area contributed by atoms with E-state index in [1.807, 2.05) is 42.7 Å². The number of aromatic nitrogens is 2. The number of amides is 1.